The van der Waals surface area contributed by atoms with Crippen molar-refractivity contribution in [2.45, 2.75) is 97.1 Å². The molecule has 0 bridgehead atoms. The van der Waals surface area contributed by atoms with Crippen molar-refractivity contribution < 1.29 is 19.1 Å². The summed E-state index contributed by atoms with van der Waals surface area (Å²) in [6.07, 6.45) is 8.77. The van der Waals surface area contributed by atoms with E-state index in [1.807, 2.05) is 26.8 Å². The van der Waals surface area contributed by atoms with Crippen LogP contribution >= 0.6 is 0 Å². The number of hydrogen-bond acceptors (Lipinski definition) is 5. The minimum absolute atomic E-state index is 0.0658. The fourth-order valence-corrected chi connectivity index (χ4v) is 4.65. The molecular formula is C25H36N2O4. The van der Waals surface area contributed by atoms with Gasteiger partial charge < -0.3 is 9.64 Å². The minimum atomic E-state index is -0.754. The lowest BCUT2D eigenvalue weighted by Gasteiger charge is -2.37. The molecule has 1 aromatic heterocycles. The van der Waals surface area contributed by atoms with Gasteiger partial charge in [-0.05, 0) is 69.4 Å². The number of pyridine rings is 1. The monoisotopic (exact) mass is 428 g/mol. The molecule has 2 unspecified atom stereocenters. The number of ether oxygens (including phenoxy) is 1. The summed E-state index contributed by atoms with van der Waals surface area (Å²) in [5.41, 5.74) is 1.32. The molecule has 1 aromatic rings. The molecule has 6 nitrogen and oxygen atoms in total. The summed E-state index contributed by atoms with van der Waals surface area (Å²) in [6.45, 7) is 6.35. The number of nitrogens with zero attached hydrogens (tertiary/aromatic N) is 2. The van der Waals surface area contributed by atoms with Gasteiger partial charge in [0.15, 0.2) is 0 Å². The van der Waals surface area contributed by atoms with Crippen molar-refractivity contribution in [1.29, 1.82) is 0 Å². The molecule has 0 radical (unpaired) electrons. The Morgan fingerprint density at radius 2 is 1.90 bits per heavy atom. The van der Waals surface area contributed by atoms with Crippen LogP contribution in [0.4, 0.5) is 0 Å². The quantitative estimate of drug-likeness (QED) is 0.498. The van der Waals surface area contributed by atoms with Crippen molar-refractivity contribution in [3.8, 4) is 0 Å². The van der Waals surface area contributed by atoms with E-state index in [0.717, 1.165) is 49.8 Å². The number of esters is 1. The van der Waals surface area contributed by atoms with Gasteiger partial charge in [0, 0.05) is 36.3 Å². The highest BCUT2D eigenvalue weighted by molar-refractivity contribution is 6.38. The first-order valence-electron chi connectivity index (χ1n) is 11.8. The lowest BCUT2D eigenvalue weighted by Crippen LogP contribution is -2.50. The fraction of sp³-hybridized carbons (Fsp3) is 0.680. The van der Waals surface area contributed by atoms with Crippen LogP contribution in [0.25, 0.3) is 0 Å². The zero-order chi connectivity index (χ0) is 22.4. The Morgan fingerprint density at radius 1 is 1.10 bits per heavy atom. The first-order chi connectivity index (χ1) is 14.8. The molecule has 0 N–H and O–H groups in total. The summed E-state index contributed by atoms with van der Waals surface area (Å²) in [6, 6.07) is 3.91. The van der Waals surface area contributed by atoms with Crippen molar-refractivity contribution in [2.24, 2.45) is 5.41 Å². The number of piperidine rings is 1. The Morgan fingerprint density at radius 3 is 2.68 bits per heavy atom. The molecule has 31 heavy (non-hydrogen) atoms. The Labute approximate surface area is 185 Å². The van der Waals surface area contributed by atoms with Gasteiger partial charge >= 0.3 is 5.97 Å². The van der Waals surface area contributed by atoms with Crippen molar-refractivity contribution in [2.75, 3.05) is 6.54 Å². The topological polar surface area (TPSA) is 76.6 Å². The molecule has 0 saturated carbocycles. The highest BCUT2D eigenvalue weighted by Gasteiger charge is 2.38. The number of aryl methyl sites for hydroxylation is 2. The first-order valence-corrected chi connectivity index (χ1v) is 11.8. The molecule has 1 amide bonds. The molecule has 3 rings (SSSR count). The molecule has 3 heterocycles. The van der Waals surface area contributed by atoms with Gasteiger partial charge in [-0.1, -0.05) is 26.8 Å². The van der Waals surface area contributed by atoms with Crippen molar-refractivity contribution in [1.82, 2.24) is 9.88 Å². The van der Waals surface area contributed by atoms with Crippen LogP contribution in [0.5, 0.6) is 0 Å². The van der Waals surface area contributed by atoms with E-state index in [-0.39, 0.29) is 30.3 Å². The number of rotatable bonds is 1. The van der Waals surface area contributed by atoms with Gasteiger partial charge in [0.25, 0.3) is 5.91 Å². The lowest BCUT2D eigenvalue weighted by molar-refractivity contribution is -0.153. The van der Waals surface area contributed by atoms with E-state index in [1.54, 1.807) is 11.1 Å². The maximum atomic E-state index is 13.2. The smallest absolute Gasteiger partial charge is 0.306 e. The average Bonchev–Trinajstić information content (AvgIpc) is 2.78. The molecular weight excluding hydrogens is 392 g/mol. The Bertz CT molecular complexity index is 804. The number of carbonyl (C=O) groups is 3. The van der Waals surface area contributed by atoms with E-state index in [9.17, 15) is 14.4 Å². The number of Topliss-reactive ketones (excluding diaryl/α,β-unsaturated/α-hetero) is 1. The van der Waals surface area contributed by atoms with Gasteiger partial charge in [-0.25, -0.2) is 0 Å². The van der Waals surface area contributed by atoms with Gasteiger partial charge in [0.05, 0.1) is 0 Å². The van der Waals surface area contributed by atoms with E-state index < -0.39 is 11.3 Å². The maximum Gasteiger partial charge on any atom is 0.306 e. The van der Waals surface area contributed by atoms with Crippen LogP contribution < -0.4 is 0 Å². The maximum absolute atomic E-state index is 13.2. The molecule has 0 aromatic carbocycles. The number of ketones is 1. The van der Waals surface area contributed by atoms with E-state index in [2.05, 4.69) is 11.1 Å². The second kappa shape index (κ2) is 10.4. The van der Waals surface area contributed by atoms with Gasteiger partial charge in [-0.15, -0.1) is 0 Å². The number of fused-ring (bicyclic) bond motifs is 2. The van der Waals surface area contributed by atoms with Crippen LogP contribution in [0, 0.1) is 5.41 Å². The van der Waals surface area contributed by atoms with E-state index in [0.29, 0.717) is 25.8 Å². The third kappa shape index (κ3) is 5.92. The van der Waals surface area contributed by atoms with Crippen molar-refractivity contribution in [3.05, 3.63) is 29.6 Å². The molecule has 2 aliphatic rings. The second-order valence-electron chi connectivity index (χ2n) is 9.57. The van der Waals surface area contributed by atoms with E-state index >= 15 is 0 Å². The van der Waals surface area contributed by atoms with Crippen LogP contribution in [0.1, 0.15) is 83.4 Å². The van der Waals surface area contributed by atoms with Gasteiger partial charge in [-0.2, -0.15) is 0 Å². The van der Waals surface area contributed by atoms with Crippen LogP contribution in [0.3, 0.4) is 0 Å². The summed E-state index contributed by atoms with van der Waals surface area (Å²) < 4.78 is 5.75. The Hall–Kier alpha value is -2.24. The SMILES string of the molecule is CCC1CCc2cccnc2CCC(C)(C)C(=O)C(=O)N2CCCCC2CCC(=O)O1. The number of cyclic esters (lactones) is 1. The summed E-state index contributed by atoms with van der Waals surface area (Å²) >= 11 is 0. The molecule has 0 spiro atoms. The first kappa shape index (κ1) is 23.4. The molecule has 0 aliphatic carbocycles. The molecule has 170 valence electrons. The molecule has 1 saturated heterocycles. The van der Waals surface area contributed by atoms with Crippen molar-refractivity contribution in [3.63, 3.8) is 0 Å². The highest BCUT2D eigenvalue weighted by atomic mass is 16.5. The fourth-order valence-electron chi connectivity index (χ4n) is 4.65. The number of amides is 1. The largest absolute Gasteiger partial charge is 0.462 e. The Kier molecular flexibility index (Phi) is 7.84. The average molecular weight is 429 g/mol. The predicted molar refractivity (Wildman–Crippen MR) is 118 cm³/mol. The van der Waals surface area contributed by atoms with Crippen molar-refractivity contribution >= 4 is 17.7 Å². The summed E-state index contributed by atoms with van der Waals surface area (Å²) in [5.74, 6) is -0.949. The predicted octanol–water partition coefficient (Wildman–Crippen LogP) is 4.04. The van der Waals surface area contributed by atoms with Crippen LogP contribution in [-0.2, 0) is 32.0 Å². The zero-order valence-electron chi connectivity index (χ0n) is 19.2. The summed E-state index contributed by atoms with van der Waals surface area (Å²) in [4.78, 5) is 45.1. The second-order valence-corrected chi connectivity index (χ2v) is 9.57. The van der Waals surface area contributed by atoms with Gasteiger partial charge in [-0.3, -0.25) is 19.4 Å². The molecule has 6 heteroatoms. The summed E-state index contributed by atoms with van der Waals surface area (Å²) in [5, 5.41) is 0. The summed E-state index contributed by atoms with van der Waals surface area (Å²) in [7, 11) is 0. The van der Waals surface area contributed by atoms with E-state index in [1.165, 1.54) is 0 Å². The van der Waals surface area contributed by atoms with Crippen LogP contribution in [0.2, 0.25) is 0 Å². The highest BCUT2D eigenvalue weighted by Crippen LogP contribution is 2.29. The standard InChI is InChI=1S/C25H36N2O4/c1-4-20-12-10-18-8-7-16-26-21(18)14-15-25(2,3)23(29)24(30)27-17-6-5-9-19(27)11-13-22(28)31-20/h7-8,16,19-20H,4-6,9-15,17H2,1-3H3. The number of carbonyl (C=O) groups excluding carboxylic acids is 3. The normalized spacial score (nSPS) is 26.0. The Balaban J connectivity index is 1.87. The van der Waals surface area contributed by atoms with Gasteiger partial charge in [0.2, 0.25) is 5.78 Å². The third-order valence-corrected chi connectivity index (χ3v) is 6.84. The molecule has 2 aliphatic heterocycles. The van der Waals surface area contributed by atoms with Crippen LogP contribution in [0.15, 0.2) is 18.3 Å². The van der Waals surface area contributed by atoms with E-state index in [4.69, 9.17) is 4.74 Å². The molecule has 2 atom stereocenters. The zero-order valence-corrected chi connectivity index (χ0v) is 19.2. The van der Waals surface area contributed by atoms with Crippen LogP contribution in [-0.4, -0.2) is 46.2 Å². The lowest BCUT2D eigenvalue weighted by atomic mass is 9.81. The number of hydrogen-bond donors (Lipinski definition) is 0. The minimum Gasteiger partial charge on any atom is -0.462 e. The third-order valence-electron chi connectivity index (χ3n) is 6.84. The van der Waals surface area contributed by atoms with Gasteiger partial charge in [0.1, 0.15) is 6.10 Å². The molecule has 1 fully saturated rings. The number of aromatic nitrogens is 1.